The van der Waals surface area contributed by atoms with Gasteiger partial charge in [-0.1, -0.05) is 42.0 Å². The van der Waals surface area contributed by atoms with Gasteiger partial charge < -0.3 is 9.13 Å². The Morgan fingerprint density at radius 1 is 0.796 bits per heavy atom. The fraction of sp³-hybridized carbons (Fsp3) is 0.182. The highest BCUT2D eigenvalue weighted by Gasteiger charge is 2.34. The largest absolute Gasteiger partial charge is 0.504 e. The number of sulfone groups is 1. The van der Waals surface area contributed by atoms with Gasteiger partial charge in [0, 0.05) is 67.1 Å². The smallest absolute Gasteiger partial charge is 0.318 e. The molecular formula is C33H28F3N5O6S2. The summed E-state index contributed by atoms with van der Waals surface area (Å²) in [5.41, 5.74) is 0.577. The maximum absolute atomic E-state index is 14.3. The lowest BCUT2D eigenvalue weighted by Crippen LogP contribution is -2.23. The second-order valence-electron chi connectivity index (χ2n) is 11.8. The molecule has 6 rings (SSSR count). The van der Waals surface area contributed by atoms with E-state index >= 15 is 0 Å². The Hall–Kier alpha value is -5.22. The van der Waals surface area contributed by atoms with E-state index in [0.717, 1.165) is 22.6 Å². The Morgan fingerprint density at radius 2 is 1.47 bits per heavy atom. The molecule has 0 unspecified atom stereocenters. The Labute approximate surface area is 278 Å². The number of halogens is 3. The summed E-state index contributed by atoms with van der Waals surface area (Å²) in [6.45, 7) is 1.75. The molecule has 254 valence electrons. The standard InChI is InChI=1S/C33H28F3N5O6S2/c1-20-8-10-24(11-9-20)49(46,47)41-29(23-15-37-40(16-23)33(34,35)36)13-26-28(18-39(3)32(43)31(26)41)25-14-30(42)38(2)17-27(25)22-7-5-6-21(12-22)19-48(4,44)45/h5-18H,19H2,1-4H3. The quantitative estimate of drug-likeness (QED) is 0.232. The van der Waals surface area contributed by atoms with Gasteiger partial charge >= 0.3 is 6.30 Å². The summed E-state index contributed by atoms with van der Waals surface area (Å²) in [6, 6.07) is 15.0. The summed E-state index contributed by atoms with van der Waals surface area (Å²) in [6.07, 6.45) is 0.610. The molecule has 0 fully saturated rings. The van der Waals surface area contributed by atoms with E-state index < -0.39 is 37.3 Å². The van der Waals surface area contributed by atoms with E-state index in [4.69, 9.17) is 0 Å². The van der Waals surface area contributed by atoms with Gasteiger partial charge in [-0.25, -0.2) is 20.8 Å². The highest BCUT2D eigenvalue weighted by Crippen LogP contribution is 2.39. The van der Waals surface area contributed by atoms with Crippen molar-refractivity contribution in [3.8, 4) is 33.5 Å². The number of aromatic nitrogens is 5. The van der Waals surface area contributed by atoms with E-state index in [1.165, 1.54) is 55.3 Å². The van der Waals surface area contributed by atoms with Crippen LogP contribution in [0.15, 0.2) is 99.9 Å². The molecule has 0 saturated heterocycles. The van der Waals surface area contributed by atoms with E-state index in [9.17, 15) is 39.6 Å². The van der Waals surface area contributed by atoms with Crippen LogP contribution in [0.1, 0.15) is 11.1 Å². The number of hydrogen-bond acceptors (Lipinski definition) is 7. The maximum Gasteiger partial charge on any atom is 0.504 e. The number of alkyl halides is 3. The van der Waals surface area contributed by atoms with E-state index in [1.807, 2.05) is 0 Å². The van der Waals surface area contributed by atoms with Gasteiger partial charge in [0.25, 0.3) is 21.1 Å². The van der Waals surface area contributed by atoms with Gasteiger partial charge in [-0.05, 0) is 41.8 Å². The Bertz CT molecular complexity index is 2630. The van der Waals surface area contributed by atoms with Crippen molar-refractivity contribution in [2.75, 3.05) is 6.26 Å². The van der Waals surface area contributed by atoms with Crippen LogP contribution in [0.25, 0.3) is 44.4 Å². The molecule has 0 aliphatic rings. The van der Waals surface area contributed by atoms with Crippen LogP contribution in [-0.2, 0) is 46.0 Å². The van der Waals surface area contributed by atoms with Crippen molar-refractivity contribution >= 4 is 30.8 Å². The second kappa shape index (κ2) is 11.7. The summed E-state index contributed by atoms with van der Waals surface area (Å²) in [5.74, 6) is -0.249. The first-order chi connectivity index (χ1) is 22.8. The van der Waals surface area contributed by atoms with Crippen LogP contribution in [0.5, 0.6) is 0 Å². The van der Waals surface area contributed by atoms with Crippen LogP contribution >= 0.6 is 0 Å². The number of aryl methyl sites for hydroxylation is 3. The first kappa shape index (κ1) is 33.7. The molecule has 0 saturated carbocycles. The first-order valence-electron chi connectivity index (χ1n) is 14.5. The molecule has 0 atom stereocenters. The van der Waals surface area contributed by atoms with Crippen LogP contribution in [-0.4, -0.2) is 46.0 Å². The molecule has 16 heteroatoms. The number of rotatable bonds is 7. The van der Waals surface area contributed by atoms with Crippen molar-refractivity contribution in [1.29, 1.82) is 0 Å². The van der Waals surface area contributed by atoms with Gasteiger partial charge in [0.15, 0.2) is 9.84 Å². The molecule has 49 heavy (non-hydrogen) atoms. The Morgan fingerprint density at radius 3 is 2.10 bits per heavy atom. The van der Waals surface area contributed by atoms with Crippen molar-refractivity contribution in [3.05, 3.63) is 117 Å². The lowest BCUT2D eigenvalue weighted by Gasteiger charge is -2.15. The molecule has 0 bridgehead atoms. The van der Waals surface area contributed by atoms with Crippen LogP contribution in [0.4, 0.5) is 13.2 Å². The van der Waals surface area contributed by atoms with Crippen LogP contribution in [0.3, 0.4) is 0 Å². The summed E-state index contributed by atoms with van der Waals surface area (Å²) in [7, 11) is -5.11. The SMILES string of the molecule is Cc1ccc(S(=O)(=O)n2c(-c3cnn(C(F)(F)F)c3)cc3c(-c4cc(=O)n(C)cc4-c4cccc(CS(C)(=O)=O)c4)cn(C)c(=O)c32)cc1. The summed E-state index contributed by atoms with van der Waals surface area (Å²) in [5, 5.41) is 3.42. The number of nitrogens with zero attached hydrogens (tertiary/aromatic N) is 5. The minimum atomic E-state index is -4.91. The van der Waals surface area contributed by atoms with Gasteiger partial charge in [-0.2, -0.15) is 9.78 Å². The molecule has 0 aliphatic heterocycles. The molecule has 2 aromatic carbocycles. The van der Waals surface area contributed by atoms with Gasteiger partial charge in [0.05, 0.1) is 22.5 Å². The zero-order valence-electron chi connectivity index (χ0n) is 26.4. The van der Waals surface area contributed by atoms with Crippen molar-refractivity contribution in [1.82, 2.24) is 22.9 Å². The fourth-order valence-electron chi connectivity index (χ4n) is 5.68. The lowest BCUT2D eigenvalue weighted by molar-refractivity contribution is -0.212. The van der Waals surface area contributed by atoms with Crippen molar-refractivity contribution in [2.24, 2.45) is 14.1 Å². The molecular weight excluding hydrogens is 684 g/mol. The third kappa shape index (κ3) is 6.24. The Balaban J connectivity index is 1.73. The van der Waals surface area contributed by atoms with Crippen LogP contribution in [0, 0.1) is 6.92 Å². The highest BCUT2D eigenvalue weighted by atomic mass is 32.2. The molecule has 4 heterocycles. The summed E-state index contributed by atoms with van der Waals surface area (Å²) >= 11 is 0. The van der Waals surface area contributed by atoms with Crippen molar-refractivity contribution in [3.63, 3.8) is 0 Å². The average molecular weight is 712 g/mol. The predicted octanol–water partition coefficient (Wildman–Crippen LogP) is 4.80. The van der Waals surface area contributed by atoms with E-state index in [0.29, 0.717) is 26.9 Å². The number of pyridine rings is 2. The third-order valence-corrected chi connectivity index (χ3v) is 10.6. The topological polar surface area (TPSA) is 135 Å². The van der Waals surface area contributed by atoms with Crippen molar-refractivity contribution < 1.29 is 30.0 Å². The maximum atomic E-state index is 14.3. The zero-order chi connectivity index (χ0) is 35.6. The molecule has 4 aromatic heterocycles. The normalized spacial score (nSPS) is 12.6. The number of hydrogen-bond donors (Lipinski definition) is 0. The molecule has 0 aliphatic carbocycles. The predicted molar refractivity (Wildman–Crippen MR) is 178 cm³/mol. The minimum absolute atomic E-state index is 0.0374. The monoisotopic (exact) mass is 711 g/mol. The third-order valence-electron chi connectivity index (χ3n) is 7.98. The fourth-order valence-corrected chi connectivity index (χ4v) is 7.99. The van der Waals surface area contributed by atoms with Gasteiger partial charge in [-0.3, -0.25) is 9.59 Å². The minimum Gasteiger partial charge on any atom is -0.318 e. The van der Waals surface area contributed by atoms with E-state index in [-0.39, 0.29) is 48.6 Å². The number of fused-ring (bicyclic) bond motifs is 1. The summed E-state index contributed by atoms with van der Waals surface area (Å²) in [4.78, 5) is 26.8. The van der Waals surface area contributed by atoms with Gasteiger partial charge in [0.1, 0.15) is 5.52 Å². The van der Waals surface area contributed by atoms with Crippen molar-refractivity contribution in [2.45, 2.75) is 23.9 Å². The molecule has 11 nitrogen and oxygen atoms in total. The molecule has 0 amide bonds. The summed E-state index contributed by atoms with van der Waals surface area (Å²) < 4.78 is 96.5. The Kier molecular flexibility index (Phi) is 8.06. The molecule has 0 radical (unpaired) electrons. The van der Waals surface area contributed by atoms with Gasteiger partial charge in [-0.15, -0.1) is 13.2 Å². The lowest BCUT2D eigenvalue weighted by atomic mass is 9.94. The zero-order valence-corrected chi connectivity index (χ0v) is 28.1. The second-order valence-corrected chi connectivity index (χ2v) is 15.7. The molecule has 0 spiro atoms. The van der Waals surface area contributed by atoms with E-state index in [2.05, 4.69) is 5.10 Å². The van der Waals surface area contributed by atoms with Gasteiger partial charge in [0.2, 0.25) is 0 Å². The van der Waals surface area contributed by atoms with Crippen LogP contribution < -0.4 is 11.1 Å². The number of benzene rings is 2. The highest BCUT2D eigenvalue weighted by molar-refractivity contribution is 7.90. The molecule has 0 N–H and O–H groups in total. The average Bonchev–Trinajstić information content (AvgIpc) is 3.66. The molecule has 6 aromatic rings. The van der Waals surface area contributed by atoms with Crippen LogP contribution in [0.2, 0.25) is 0 Å². The van der Waals surface area contributed by atoms with E-state index in [1.54, 1.807) is 43.3 Å². The first-order valence-corrected chi connectivity index (χ1v) is 18.0.